The van der Waals surface area contributed by atoms with E-state index < -0.39 is 24.3 Å². The quantitative estimate of drug-likeness (QED) is 0.0211. The Morgan fingerprint density at radius 1 is 0.373 bits per heavy atom. The molecule has 0 fully saturated rings. The zero-order valence-electron chi connectivity index (χ0n) is 54.6. The number of carboxylic acids is 1. The number of nitrogens with zero attached hydrogens (tertiary/aromatic N) is 1. The van der Waals surface area contributed by atoms with Crippen LogP contribution in [0.1, 0.15) is 296 Å². The van der Waals surface area contributed by atoms with Gasteiger partial charge in [0.25, 0.3) is 6.29 Å². The molecule has 2 unspecified atom stereocenters. The van der Waals surface area contributed by atoms with Crippen molar-refractivity contribution in [3.63, 3.8) is 0 Å². The van der Waals surface area contributed by atoms with E-state index in [1.807, 2.05) is 21.1 Å². The van der Waals surface area contributed by atoms with E-state index in [1.165, 1.54) is 193 Å². The second-order valence-corrected chi connectivity index (χ2v) is 24.1. The molecule has 0 aromatic heterocycles. The van der Waals surface area contributed by atoms with E-state index in [0.717, 1.165) is 64.2 Å². The summed E-state index contributed by atoms with van der Waals surface area (Å²) in [5, 5.41) is 9.73. The van der Waals surface area contributed by atoms with Crippen LogP contribution < -0.4 is 0 Å². The smallest absolute Gasteiger partial charge is 0.361 e. The number of ether oxygens (including phenoxy) is 4. The first-order chi connectivity index (χ1) is 40.6. The van der Waals surface area contributed by atoms with Crippen LogP contribution in [0.2, 0.25) is 0 Å². The van der Waals surface area contributed by atoms with Crippen molar-refractivity contribution in [3.8, 4) is 0 Å². The molecule has 2 atom stereocenters. The number of carbonyl (C=O) groups is 3. The van der Waals surface area contributed by atoms with Gasteiger partial charge in [-0.3, -0.25) is 9.59 Å². The van der Waals surface area contributed by atoms with Crippen molar-refractivity contribution in [2.45, 2.75) is 309 Å². The third-order valence-electron chi connectivity index (χ3n) is 14.8. The minimum Gasteiger partial charge on any atom is -0.477 e. The molecule has 0 aliphatic rings. The van der Waals surface area contributed by atoms with Gasteiger partial charge in [-0.15, -0.1) is 0 Å². The highest BCUT2D eigenvalue weighted by molar-refractivity contribution is 5.71. The Hall–Kier alpha value is -3.79. The Morgan fingerprint density at radius 3 is 1.07 bits per heavy atom. The summed E-state index contributed by atoms with van der Waals surface area (Å²) in [6.07, 6.45) is 85.4. The predicted octanol–water partition coefficient (Wildman–Crippen LogP) is 21.2. The summed E-state index contributed by atoms with van der Waals surface area (Å²) >= 11 is 0. The maximum absolute atomic E-state index is 12.9. The first kappa shape index (κ1) is 79.2. The predicted molar refractivity (Wildman–Crippen MR) is 355 cm³/mol. The van der Waals surface area contributed by atoms with Crippen molar-refractivity contribution in [2.75, 3.05) is 47.5 Å². The van der Waals surface area contributed by atoms with E-state index in [2.05, 4.69) is 111 Å². The molecule has 0 saturated carbocycles. The maximum Gasteiger partial charge on any atom is 0.361 e. The van der Waals surface area contributed by atoms with Gasteiger partial charge >= 0.3 is 17.9 Å². The monoisotopic (exact) mass is 1160 g/mol. The number of rotatable bonds is 63. The van der Waals surface area contributed by atoms with E-state index >= 15 is 0 Å². The van der Waals surface area contributed by atoms with Gasteiger partial charge in [-0.05, 0) is 89.9 Å². The van der Waals surface area contributed by atoms with Gasteiger partial charge in [0.2, 0.25) is 0 Å². The third kappa shape index (κ3) is 65.6. The molecule has 0 rings (SSSR count). The summed E-state index contributed by atoms with van der Waals surface area (Å²) in [5.74, 6) is -2.08. The van der Waals surface area contributed by atoms with Crippen molar-refractivity contribution in [2.24, 2.45) is 0 Å². The normalized spacial score (nSPS) is 13.3. The highest BCUT2D eigenvalue weighted by Gasteiger charge is 2.25. The molecule has 0 aromatic carbocycles. The lowest BCUT2D eigenvalue weighted by Crippen LogP contribution is -2.40. The molecule has 9 heteroatoms. The number of carbonyl (C=O) groups excluding carboxylic acids is 2. The summed E-state index contributed by atoms with van der Waals surface area (Å²) in [4.78, 5) is 37.5. The largest absolute Gasteiger partial charge is 0.477 e. The summed E-state index contributed by atoms with van der Waals surface area (Å²) < 4.78 is 22.9. The number of aliphatic carboxylic acids is 1. The molecule has 0 aliphatic carbocycles. The van der Waals surface area contributed by atoms with Crippen LogP contribution in [0.4, 0.5) is 0 Å². The summed E-state index contributed by atoms with van der Waals surface area (Å²) in [5.41, 5.74) is 0. The van der Waals surface area contributed by atoms with Crippen LogP contribution in [0.25, 0.3) is 0 Å². The number of hydrogen-bond acceptors (Lipinski definition) is 7. The lowest BCUT2D eigenvalue weighted by Gasteiger charge is -2.25. The standard InChI is InChI=1S/C74H129NO8/c1-6-8-10-12-14-16-18-20-22-24-26-28-30-31-32-33-34-35-36-37-38-39-40-41-43-44-46-48-50-52-54-56-58-60-62-64-71(76)81-68-70(69-82-74(73(78)79)80-67-66-75(3,4)5)83-72(77)65-63-61-59-57-55-53-51-49-47-45-42-29-27-25-23-21-19-17-15-13-11-9-7-2/h9,11,15,17,21,23-24,26-27,29,45,47,51,53,57,59,70,74H,6-8,10,12-14,16,18-20,22,25,28,30-44,46,48-50,52,54-56,58,60-69H2,1-5H3/p+1/b11-9-,17-15-,23-21-,26-24-,29-27-,47-45-,53-51-,59-57-. The SMILES string of the molecule is CC/C=C\C/C=C\C/C=C\C/C=C\C/C=C\C/C=C\C/C=C\CCCC(=O)OC(COC(=O)CCCCCCCCCCCCCCCCCCCCCCCCC/C=C\CCCCCCCCCC)COC(OCC[N+](C)(C)C)C(=O)O. The molecule has 9 nitrogen and oxygen atoms in total. The lowest BCUT2D eigenvalue weighted by molar-refractivity contribution is -0.870. The number of hydrogen-bond donors (Lipinski definition) is 1. The van der Waals surface area contributed by atoms with E-state index in [0.29, 0.717) is 23.9 Å². The Kier molecular flexibility index (Phi) is 61.3. The second-order valence-electron chi connectivity index (χ2n) is 24.1. The molecular formula is C74H130NO8+. The van der Waals surface area contributed by atoms with Gasteiger partial charge in [0.1, 0.15) is 13.2 Å². The summed E-state index contributed by atoms with van der Waals surface area (Å²) in [7, 11) is 5.95. The van der Waals surface area contributed by atoms with Crippen LogP contribution in [0.15, 0.2) is 97.2 Å². The molecule has 1 N–H and O–H groups in total. The zero-order chi connectivity index (χ0) is 60.5. The van der Waals surface area contributed by atoms with Crippen molar-refractivity contribution in [1.82, 2.24) is 0 Å². The molecule has 83 heavy (non-hydrogen) atoms. The molecule has 0 heterocycles. The molecule has 0 saturated heterocycles. The molecule has 0 aliphatic heterocycles. The van der Waals surface area contributed by atoms with E-state index in [4.69, 9.17) is 18.9 Å². The number of unbranched alkanes of at least 4 members (excludes halogenated alkanes) is 32. The van der Waals surface area contributed by atoms with E-state index in [-0.39, 0.29) is 38.6 Å². The second kappa shape index (κ2) is 64.2. The summed E-state index contributed by atoms with van der Waals surface area (Å²) in [6, 6.07) is 0. The van der Waals surface area contributed by atoms with Crippen LogP contribution in [0.3, 0.4) is 0 Å². The fraction of sp³-hybridized carbons (Fsp3) is 0.743. The number of allylic oxidation sites excluding steroid dienone is 16. The molecule has 0 radical (unpaired) electrons. The van der Waals surface area contributed by atoms with Gasteiger partial charge in [-0.1, -0.05) is 291 Å². The van der Waals surface area contributed by atoms with Gasteiger partial charge in [0, 0.05) is 12.8 Å². The fourth-order valence-corrected chi connectivity index (χ4v) is 9.59. The van der Waals surface area contributed by atoms with Crippen LogP contribution >= 0.6 is 0 Å². The Morgan fingerprint density at radius 2 is 0.699 bits per heavy atom. The van der Waals surface area contributed by atoms with Crippen molar-refractivity contribution >= 4 is 17.9 Å². The van der Waals surface area contributed by atoms with E-state index in [9.17, 15) is 19.5 Å². The fourth-order valence-electron chi connectivity index (χ4n) is 9.59. The van der Waals surface area contributed by atoms with Crippen LogP contribution in [-0.4, -0.2) is 87.4 Å². The highest BCUT2D eigenvalue weighted by atomic mass is 16.7. The number of carboxylic acid groups (broad SMARTS) is 1. The molecule has 0 aromatic rings. The van der Waals surface area contributed by atoms with Gasteiger partial charge < -0.3 is 28.5 Å². The van der Waals surface area contributed by atoms with E-state index in [1.54, 1.807) is 0 Å². The minimum atomic E-state index is -1.53. The number of esters is 2. The molecule has 0 bridgehead atoms. The number of quaternary nitrogens is 1. The molecular weight excluding hydrogens is 1030 g/mol. The lowest BCUT2D eigenvalue weighted by atomic mass is 10.0. The third-order valence-corrected chi connectivity index (χ3v) is 14.8. The average molecular weight is 1160 g/mol. The van der Waals surface area contributed by atoms with Gasteiger partial charge in [-0.25, -0.2) is 4.79 Å². The topological polar surface area (TPSA) is 108 Å². The zero-order valence-corrected chi connectivity index (χ0v) is 54.6. The van der Waals surface area contributed by atoms with Crippen molar-refractivity contribution < 1.29 is 42.9 Å². The van der Waals surface area contributed by atoms with Gasteiger partial charge in [0.05, 0.1) is 34.4 Å². The molecule has 478 valence electrons. The first-order valence-electron chi connectivity index (χ1n) is 34.4. The Bertz CT molecular complexity index is 1680. The van der Waals surface area contributed by atoms with Crippen LogP contribution in [0, 0.1) is 0 Å². The molecule has 0 amide bonds. The van der Waals surface area contributed by atoms with Crippen molar-refractivity contribution in [1.29, 1.82) is 0 Å². The average Bonchev–Trinajstić information content (AvgIpc) is 3.46. The first-order valence-corrected chi connectivity index (χ1v) is 34.4. The van der Waals surface area contributed by atoms with Crippen LogP contribution in [0.5, 0.6) is 0 Å². The summed E-state index contributed by atoms with van der Waals surface area (Å²) in [6.45, 7) is 4.72. The Balaban J connectivity index is 4.12. The van der Waals surface area contributed by atoms with Gasteiger partial charge in [0.15, 0.2) is 6.10 Å². The Labute approximate surface area is 512 Å². The number of likely N-dealkylation sites (N-methyl/N-ethyl adjacent to an activating group) is 1. The minimum absolute atomic E-state index is 0.173. The maximum atomic E-state index is 12.9. The van der Waals surface area contributed by atoms with Gasteiger partial charge in [-0.2, -0.15) is 0 Å². The highest BCUT2D eigenvalue weighted by Crippen LogP contribution is 2.17. The van der Waals surface area contributed by atoms with Crippen molar-refractivity contribution in [3.05, 3.63) is 97.2 Å². The molecule has 0 spiro atoms. The van der Waals surface area contributed by atoms with Crippen LogP contribution in [-0.2, 0) is 33.3 Å².